The molecule has 104 valence electrons. The zero-order valence-corrected chi connectivity index (χ0v) is 11.3. The highest BCUT2D eigenvalue weighted by Gasteiger charge is 2.23. The highest BCUT2D eigenvalue weighted by molar-refractivity contribution is 5.95. The number of carbonyl (C=O) groups excluding carboxylic acids is 1. The van der Waals surface area contributed by atoms with Crippen LogP contribution in [0.2, 0.25) is 0 Å². The molecule has 1 aromatic carbocycles. The monoisotopic (exact) mass is 272 g/mol. The Hall–Kier alpha value is -2.30. The highest BCUT2D eigenvalue weighted by Crippen LogP contribution is 2.28. The summed E-state index contributed by atoms with van der Waals surface area (Å²) in [5.74, 6) is -0.793. The number of carboxylic acids is 1. The Bertz CT molecular complexity index is 702. The van der Waals surface area contributed by atoms with Crippen LogP contribution in [-0.2, 0) is 17.8 Å². The SMILES string of the molecule is CCC(=O)N1CCc2[nH]c3ccc(C(=O)O)cc3c2C1. The lowest BCUT2D eigenvalue weighted by Gasteiger charge is -2.27. The summed E-state index contributed by atoms with van der Waals surface area (Å²) in [7, 11) is 0. The van der Waals surface area contributed by atoms with Crippen molar-refractivity contribution in [3.8, 4) is 0 Å². The molecule has 1 aliphatic rings. The van der Waals surface area contributed by atoms with Crippen molar-refractivity contribution in [3.63, 3.8) is 0 Å². The molecule has 0 fully saturated rings. The van der Waals surface area contributed by atoms with Crippen molar-refractivity contribution in [2.45, 2.75) is 26.3 Å². The van der Waals surface area contributed by atoms with Gasteiger partial charge in [-0.05, 0) is 18.2 Å². The fraction of sp³-hybridized carbons (Fsp3) is 0.333. The Morgan fingerprint density at radius 3 is 2.90 bits per heavy atom. The van der Waals surface area contributed by atoms with Gasteiger partial charge >= 0.3 is 5.97 Å². The van der Waals surface area contributed by atoms with Gasteiger partial charge in [-0.2, -0.15) is 0 Å². The van der Waals surface area contributed by atoms with Crippen molar-refractivity contribution in [1.29, 1.82) is 0 Å². The Kier molecular flexibility index (Phi) is 2.97. The largest absolute Gasteiger partial charge is 0.478 e. The summed E-state index contributed by atoms with van der Waals surface area (Å²) in [5.41, 5.74) is 3.38. The van der Waals surface area contributed by atoms with Crippen LogP contribution >= 0.6 is 0 Å². The number of aromatic carboxylic acids is 1. The normalized spacial score (nSPS) is 14.3. The fourth-order valence-electron chi connectivity index (χ4n) is 2.78. The number of amides is 1. The lowest BCUT2D eigenvalue weighted by molar-refractivity contribution is -0.131. The predicted molar refractivity (Wildman–Crippen MR) is 74.7 cm³/mol. The van der Waals surface area contributed by atoms with Crippen molar-refractivity contribution in [2.75, 3.05) is 6.54 Å². The third kappa shape index (κ3) is 1.95. The number of hydrogen-bond acceptors (Lipinski definition) is 2. The van der Waals surface area contributed by atoms with Crippen LogP contribution in [-0.4, -0.2) is 33.4 Å². The van der Waals surface area contributed by atoms with Gasteiger partial charge in [0, 0.05) is 48.1 Å². The van der Waals surface area contributed by atoms with E-state index < -0.39 is 5.97 Å². The van der Waals surface area contributed by atoms with Gasteiger partial charge in [0.1, 0.15) is 0 Å². The van der Waals surface area contributed by atoms with E-state index in [9.17, 15) is 9.59 Å². The summed E-state index contributed by atoms with van der Waals surface area (Å²) >= 11 is 0. The van der Waals surface area contributed by atoms with E-state index in [1.165, 1.54) is 0 Å². The number of carboxylic acid groups (broad SMARTS) is 1. The summed E-state index contributed by atoms with van der Waals surface area (Å²) in [6.07, 6.45) is 1.29. The van der Waals surface area contributed by atoms with Crippen LogP contribution in [0.5, 0.6) is 0 Å². The molecule has 2 heterocycles. The molecule has 5 heteroatoms. The Labute approximate surface area is 116 Å². The maximum atomic E-state index is 11.8. The van der Waals surface area contributed by atoms with Crippen molar-refractivity contribution in [1.82, 2.24) is 9.88 Å². The van der Waals surface area contributed by atoms with Crippen LogP contribution in [0.3, 0.4) is 0 Å². The number of carbonyl (C=O) groups is 2. The second-order valence-corrected chi connectivity index (χ2v) is 5.07. The van der Waals surface area contributed by atoms with Gasteiger partial charge in [-0.3, -0.25) is 4.79 Å². The molecule has 1 aromatic heterocycles. The number of aromatic amines is 1. The molecule has 0 radical (unpaired) electrons. The average molecular weight is 272 g/mol. The molecule has 2 aromatic rings. The van der Waals surface area contributed by atoms with Crippen LogP contribution in [0.1, 0.15) is 35.0 Å². The molecule has 20 heavy (non-hydrogen) atoms. The van der Waals surface area contributed by atoms with Gasteiger partial charge in [0.25, 0.3) is 0 Å². The van der Waals surface area contributed by atoms with E-state index in [1.807, 2.05) is 11.8 Å². The molecule has 3 rings (SSSR count). The number of nitrogens with zero attached hydrogens (tertiary/aromatic N) is 1. The Morgan fingerprint density at radius 1 is 1.40 bits per heavy atom. The third-order valence-corrected chi connectivity index (χ3v) is 3.88. The molecule has 0 saturated heterocycles. The summed E-state index contributed by atoms with van der Waals surface area (Å²) < 4.78 is 0. The zero-order valence-electron chi connectivity index (χ0n) is 11.3. The molecule has 0 aliphatic carbocycles. The minimum absolute atomic E-state index is 0.138. The molecular weight excluding hydrogens is 256 g/mol. The first-order valence-corrected chi connectivity index (χ1v) is 6.74. The van der Waals surface area contributed by atoms with E-state index in [1.54, 1.807) is 18.2 Å². The van der Waals surface area contributed by atoms with Gasteiger partial charge in [-0.25, -0.2) is 4.79 Å². The molecule has 0 unspecified atom stereocenters. The lowest BCUT2D eigenvalue weighted by atomic mass is 10.0. The molecule has 1 aliphatic heterocycles. The average Bonchev–Trinajstić information content (AvgIpc) is 2.83. The van der Waals surface area contributed by atoms with Gasteiger partial charge < -0.3 is 15.0 Å². The van der Waals surface area contributed by atoms with Gasteiger partial charge in [0.2, 0.25) is 5.91 Å². The number of aromatic nitrogens is 1. The van der Waals surface area contributed by atoms with E-state index in [0.717, 1.165) is 35.1 Å². The lowest BCUT2D eigenvalue weighted by Crippen LogP contribution is -2.35. The highest BCUT2D eigenvalue weighted by atomic mass is 16.4. The number of rotatable bonds is 2. The van der Waals surface area contributed by atoms with Crippen molar-refractivity contribution in [3.05, 3.63) is 35.0 Å². The zero-order chi connectivity index (χ0) is 14.3. The van der Waals surface area contributed by atoms with Gasteiger partial charge in [0.15, 0.2) is 0 Å². The first kappa shape index (κ1) is 12.7. The first-order chi connectivity index (χ1) is 9.60. The van der Waals surface area contributed by atoms with Crippen molar-refractivity contribution < 1.29 is 14.7 Å². The molecule has 0 atom stereocenters. The number of hydrogen-bond donors (Lipinski definition) is 2. The maximum Gasteiger partial charge on any atom is 0.335 e. The van der Waals surface area contributed by atoms with Crippen LogP contribution in [0.25, 0.3) is 10.9 Å². The second-order valence-electron chi connectivity index (χ2n) is 5.07. The Morgan fingerprint density at radius 2 is 2.20 bits per heavy atom. The number of nitrogens with one attached hydrogen (secondary N) is 1. The van der Waals surface area contributed by atoms with E-state index in [2.05, 4.69) is 4.98 Å². The number of H-pyrrole nitrogens is 1. The predicted octanol–water partition coefficient (Wildman–Crippen LogP) is 2.16. The standard InChI is InChI=1S/C15H16N2O3/c1-2-14(18)17-6-5-13-11(8-17)10-7-9(15(19)20)3-4-12(10)16-13/h3-4,7,16H,2,5-6,8H2,1H3,(H,19,20). The minimum Gasteiger partial charge on any atom is -0.478 e. The fourth-order valence-corrected chi connectivity index (χ4v) is 2.78. The van der Waals surface area contributed by atoms with Crippen LogP contribution in [0.4, 0.5) is 0 Å². The van der Waals surface area contributed by atoms with Crippen LogP contribution in [0, 0.1) is 0 Å². The number of benzene rings is 1. The third-order valence-electron chi connectivity index (χ3n) is 3.88. The van der Waals surface area contributed by atoms with E-state index in [0.29, 0.717) is 13.0 Å². The van der Waals surface area contributed by atoms with E-state index in [-0.39, 0.29) is 11.5 Å². The topological polar surface area (TPSA) is 73.4 Å². The van der Waals surface area contributed by atoms with Gasteiger partial charge in [0.05, 0.1) is 5.56 Å². The Balaban J connectivity index is 2.06. The summed E-state index contributed by atoms with van der Waals surface area (Å²) in [6, 6.07) is 5.08. The maximum absolute atomic E-state index is 11.8. The molecule has 1 amide bonds. The van der Waals surface area contributed by atoms with E-state index >= 15 is 0 Å². The first-order valence-electron chi connectivity index (χ1n) is 6.74. The quantitative estimate of drug-likeness (QED) is 0.879. The van der Waals surface area contributed by atoms with Gasteiger partial charge in [-0.15, -0.1) is 0 Å². The molecule has 5 nitrogen and oxygen atoms in total. The molecule has 0 saturated carbocycles. The van der Waals surface area contributed by atoms with Crippen LogP contribution < -0.4 is 0 Å². The summed E-state index contributed by atoms with van der Waals surface area (Å²) in [4.78, 5) is 28.1. The van der Waals surface area contributed by atoms with Crippen LogP contribution in [0.15, 0.2) is 18.2 Å². The molecular formula is C15H16N2O3. The van der Waals surface area contributed by atoms with Crippen molar-refractivity contribution in [2.24, 2.45) is 0 Å². The molecule has 0 bridgehead atoms. The van der Waals surface area contributed by atoms with E-state index in [4.69, 9.17) is 5.11 Å². The van der Waals surface area contributed by atoms with Crippen molar-refractivity contribution >= 4 is 22.8 Å². The molecule has 2 N–H and O–H groups in total. The minimum atomic E-state index is -0.931. The number of fused-ring (bicyclic) bond motifs is 3. The van der Waals surface area contributed by atoms with Gasteiger partial charge in [-0.1, -0.05) is 6.92 Å². The second kappa shape index (κ2) is 4.67. The summed E-state index contributed by atoms with van der Waals surface area (Å²) in [6.45, 7) is 3.14. The molecule has 0 spiro atoms. The summed E-state index contributed by atoms with van der Waals surface area (Å²) in [5, 5.41) is 10.0. The smallest absolute Gasteiger partial charge is 0.335 e.